The molecule has 8 nitrogen and oxygen atoms in total. The monoisotopic (exact) mass is 382 g/mol. The number of nitrogens with one attached hydrogen (secondary N) is 1. The number of pyridine rings is 1. The Morgan fingerprint density at radius 2 is 2.32 bits per heavy atom. The van der Waals surface area contributed by atoms with E-state index < -0.39 is 0 Å². The predicted octanol–water partition coefficient (Wildman–Crippen LogP) is 3.28. The van der Waals surface area contributed by atoms with E-state index in [0.29, 0.717) is 47.1 Å². The zero-order valence-corrected chi connectivity index (χ0v) is 15.6. The molecule has 2 N–H and O–H groups in total. The standard InChI is InChI=1S/C20H22N4O4/c1-27-16-7-6-13(19-23-18-17(28-19)5-2-9-21-18)12-15(16)22-20(26)24-10-3-4-14(24)8-11-25/h2,5-7,9,12,14,25H,3-4,8,10-11H2,1H3,(H,22,26). The van der Waals surface area contributed by atoms with Gasteiger partial charge in [-0.1, -0.05) is 0 Å². The number of methoxy groups -OCH3 is 1. The summed E-state index contributed by atoms with van der Waals surface area (Å²) in [7, 11) is 1.55. The molecular formula is C20H22N4O4. The van der Waals surface area contributed by atoms with Crippen LogP contribution in [0.25, 0.3) is 22.7 Å². The Bertz CT molecular complexity index is 954. The lowest BCUT2D eigenvalue weighted by Gasteiger charge is -2.25. The molecule has 2 amide bonds. The Morgan fingerprint density at radius 1 is 1.43 bits per heavy atom. The van der Waals surface area contributed by atoms with Gasteiger partial charge < -0.3 is 24.5 Å². The Balaban J connectivity index is 1.61. The van der Waals surface area contributed by atoms with Crippen LogP contribution in [0.2, 0.25) is 0 Å². The summed E-state index contributed by atoms with van der Waals surface area (Å²) in [6.07, 6.45) is 4.08. The highest BCUT2D eigenvalue weighted by Crippen LogP contribution is 2.32. The van der Waals surface area contributed by atoms with Crippen LogP contribution in [0.4, 0.5) is 10.5 Å². The van der Waals surface area contributed by atoms with Crippen molar-refractivity contribution in [2.75, 3.05) is 25.6 Å². The molecule has 1 atom stereocenters. The number of nitrogens with zero attached hydrogens (tertiary/aromatic N) is 3. The first-order valence-corrected chi connectivity index (χ1v) is 9.28. The van der Waals surface area contributed by atoms with Gasteiger partial charge in [-0.05, 0) is 49.6 Å². The summed E-state index contributed by atoms with van der Waals surface area (Å²) in [6.45, 7) is 0.744. The highest BCUT2D eigenvalue weighted by atomic mass is 16.5. The summed E-state index contributed by atoms with van der Waals surface area (Å²) in [4.78, 5) is 23.1. The van der Waals surface area contributed by atoms with E-state index >= 15 is 0 Å². The maximum Gasteiger partial charge on any atom is 0.322 e. The summed E-state index contributed by atoms with van der Waals surface area (Å²) in [5.74, 6) is 0.968. The molecule has 1 aliphatic heterocycles. The molecule has 1 aromatic carbocycles. The lowest BCUT2D eigenvalue weighted by molar-refractivity contribution is 0.189. The fourth-order valence-electron chi connectivity index (χ4n) is 3.57. The van der Waals surface area contributed by atoms with Gasteiger partial charge in [0.1, 0.15) is 5.75 Å². The third-order valence-corrected chi connectivity index (χ3v) is 4.95. The number of carbonyl (C=O) groups is 1. The van der Waals surface area contributed by atoms with Gasteiger partial charge in [0.05, 0.1) is 12.8 Å². The van der Waals surface area contributed by atoms with Crippen molar-refractivity contribution in [3.05, 3.63) is 36.5 Å². The van der Waals surface area contributed by atoms with Crippen molar-refractivity contribution in [3.8, 4) is 17.2 Å². The number of anilines is 1. The topological polar surface area (TPSA) is 101 Å². The molecule has 146 valence electrons. The van der Waals surface area contributed by atoms with Crippen molar-refractivity contribution >= 4 is 22.9 Å². The van der Waals surface area contributed by atoms with Crippen LogP contribution < -0.4 is 10.1 Å². The Kier molecular flexibility index (Phi) is 5.12. The number of aliphatic hydroxyl groups is 1. The van der Waals surface area contributed by atoms with Crippen molar-refractivity contribution < 1.29 is 19.1 Å². The maximum absolute atomic E-state index is 12.8. The van der Waals surface area contributed by atoms with E-state index in [1.54, 1.807) is 42.5 Å². The zero-order valence-electron chi connectivity index (χ0n) is 15.6. The Hall–Kier alpha value is -3.13. The van der Waals surface area contributed by atoms with E-state index in [1.807, 2.05) is 6.07 Å². The van der Waals surface area contributed by atoms with E-state index in [1.165, 1.54) is 0 Å². The Morgan fingerprint density at radius 3 is 3.11 bits per heavy atom. The smallest absolute Gasteiger partial charge is 0.322 e. The minimum Gasteiger partial charge on any atom is -0.495 e. The molecule has 0 aliphatic carbocycles. The highest BCUT2D eigenvalue weighted by Gasteiger charge is 2.28. The molecule has 1 unspecified atom stereocenters. The molecule has 0 radical (unpaired) electrons. The van der Waals surface area contributed by atoms with Crippen LogP contribution in [0.1, 0.15) is 19.3 Å². The number of benzene rings is 1. The summed E-state index contributed by atoms with van der Waals surface area (Å²) in [5.41, 5.74) is 2.38. The molecule has 4 rings (SSSR count). The average molecular weight is 382 g/mol. The van der Waals surface area contributed by atoms with Crippen molar-refractivity contribution in [2.24, 2.45) is 0 Å². The number of carbonyl (C=O) groups excluding carboxylic acids is 1. The second-order valence-corrected chi connectivity index (χ2v) is 6.69. The normalized spacial score (nSPS) is 16.5. The number of likely N-dealkylation sites (tertiary alicyclic amines) is 1. The van der Waals surface area contributed by atoms with Crippen LogP contribution in [0.5, 0.6) is 5.75 Å². The van der Waals surface area contributed by atoms with Gasteiger partial charge in [-0.3, -0.25) is 0 Å². The second-order valence-electron chi connectivity index (χ2n) is 6.69. The number of fused-ring (bicyclic) bond motifs is 1. The van der Waals surface area contributed by atoms with E-state index in [-0.39, 0.29) is 18.7 Å². The number of amides is 2. The van der Waals surface area contributed by atoms with Crippen LogP contribution in [0.15, 0.2) is 40.9 Å². The predicted molar refractivity (Wildman–Crippen MR) is 104 cm³/mol. The van der Waals surface area contributed by atoms with Crippen LogP contribution >= 0.6 is 0 Å². The summed E-state index contributed by atoms with van der Waals surface area (Å²) in [5, 5.41) is 12.2. The van der Waals surface area contributed by atoms with Gasteiger partial charge in [-0.15, -0.1) is 0 Å². The fraction of sp³-hybridized carbons (Fsp3) is 0.350. The average Bonchev–Trinajstić information content (AvgIpc) is 3.35. The van der Waals surface area contributed by atoms with E-state index in [0.717, 1.165) is 12.8 Å². The third-order valence-electron chi connectivity index (χ3n) is 4.95. The van der Waals surface area contributed by atoms with Gasteiger partial charge in [0.2, 0.25) is 5.89 Å². The number of hydrogen-bond donors (Lipinski definition) is 2. The number of rotatable bonds is 5. The first kappa shape index (κ1) is 18.2. The number of oxazole rings is 1. The molecule has 1 aliphatic rings. The molecule has 2 aromatic heterocycles. The summed E-state index contributed by atoms with van der Waals surface area (Å²) < 4.78 is 11.2. The molecule has 0 bridgehead atoms. The van der Waals surface area contributed by atoms with Crippen molar-refractivity contribution in [2.45, 2.75) is 25.3 Å². The third kappa shape index (κ3) is 3.50. The van der Waals surface area contributed by atoms with Crippen molar-refractivity contribution in [1.82, 2.24) is 14.9 Å². The fourth-order valence-corrected chi connectivity index (χ4v) is 3.57. The lowest BCUT2D eigenvalue weighted by atomic mass is 10.1. The Labute approximate surface area is 162 Å². The zero-order chi connectivity index (χ0) is 19.5. The van der Waals surface area contributed by atoms with Gasteiger partial charge in [0.25, 0.3) is 0 Å². The van der Waals surface area contributed by atoms with E-state index in [4.69, 9.17) is 9.15 Å². The second kappa shape index (κ2) is 7.85. The first-order valence-electron chi connectivity index (χ1n) is 9.28. The quantitative estimate of drug-likeness (QED) is 0.702. The number of ether oxygens (including phenoxy) is 1. The molecule has 1 saturated heterocycles. The molecule has 3 heterocycles. The van der Waals surface area contributed by atoms with Crippen molar-refractivity contribution in [1.29, 1.82) is 0 Å². The van der Waals surface area contributed by atoms with Crippen LogP contribution in [0.3, 0.4) is 0 Å². The minimum atomic E-state index is -0.203. The number of aliphatic hydroxyl groups excluding tert-OH is 1. The first-order chi connectivity index (χ1) is 13.7. The molecule has 3 aromatic rings. The highest BCUT2D eigenvalue weighted by molar-refractivity contribution is 5.92. The molecule has 1 fully saturated rings. The van der Waals surface area contributed by atoms with Crippen LogP contribution in [0, 0.1) is 0 Å². The van der Waals surface area contributed by atoms with Gasteiger partial charge in [0.15, 0.2) is 11.2 Å². The van der Waals surface area contributed by atoms with Crippen molar-refractivity contribution in [3.63, 3.8) is 0 Å². The lowest BCUT2D eigenvalue weighted by Crippen LogP contribution is -2.39. The van der Waals surface area contributed by atoms with E-state index in [9.17, 15) is 9.90 Å². The summed E-state index contributed by atoms with van der Waals surface area (Å²) >= 11 is 0. The van der Waals surface area contributed by atoms with Gasteiger partial charge in [0, 0.05) is 31.0 Å². The molecule has 0 spiro atoms. The molecule has 8 heteroatoms. The van der Waals surface area contributed by atoms with Gasteiger partial charge in [-0.25, -0.2) is 9.78 Å². The van der Waals surface area contributed by atoms with Gasteiger partial charge >= 0.3 is 6.03 Å². The summed E-state index contributed by atoms with van der Waals surface area (Å²) in [6, 6.07) is 8.81. The molecule has 0 saturated carbocycles. The largest absolute Gasteiger partial charge is 0.495 e. The SMILES string of the molecule is COc1ccc(-c2nc3ncccc3o2)cc1NC(=O)N1CCCC1CCO. The van der Waals surface area contributed by atoms with Crippen LogP contribution in [-0.4, -0.2) is 52.3 Å². The molecule has 28 heavy (non-hydrogen) atoms. The number of aromatic nitrogens is 2. The maximum atomic E-state index is 12.8. The van der Waals surface area contributed by atoms with Crippen LogP contribution in [-0.2, 0) is 0 Å². The number of hydrogen-bond acceptors (Lipinski definition) is 6. The number of urea groups is 1. The van der Waals surface area contributed by atoms with E-state index in [2.05, 4.69) is 15.3 Å². The minimum absolute atomic E-state index is 0.0577. The van der Waals surface area contributed by atoms with Gasteiger partial charge in [-0.2, -0.15) is 4.98 Å². The molecular weight excluding hydrogens is 360 g/mol.